The number of hydrogen-bond donors (Lipinski definition) is 1. The van der Waals surface area contributed by atoms with Gasteiger partial charge in [0.25, 0.3) is 5.56 Å². The predicted octanol–water partition coefficient (Wildman–Crippen LogP) is 1.08. The zero-order valence-electron chi connectivity index (χ0n) is 14.5. The largest absolute Gasteiger partial charge is 0.332 e. The van der Waals surface area contributed by atoms with Crippen LogP contribution < -0.4 is 17.0 Å². The molecule has 0 bridgehead atoms. The number of halogens is 1. The first kappa shape index (κ1) is 17.5. The average molecular weight is 353 g/mol. The fourth-order valence-corrected chi connectivity index (χ4v) is 3.11. The SMILES string of the molecule is Cc1nc2c(c(-c3cc(F)ccc3C#N)c1CN)c(=O)n(C)c(=O)n2C. The first-order valence-electron chi connectivity index (χ1n) is 7.81. The van der Waals surface area contributed by atoms with Crippen molar-refractivity contribution in [2.75, 3.05) is 0 Å². The van der Waals surface area contributed by atoms with Crippen molar-refractivity contribution in [2.24, 2.45) is 19.8 Å². The molecule has 0 amide bonds. The Balaban J connectivity index is 2.70. The van der Waals surface area contributed by atoms with Crippen LogP contribution in [0, 0.1) is 24.1 Å². The van der Waals surface area contributed by atoms with E-state index in [9.17, 15) is 19.2 Å². The Hall–Kier alpha value is -3.31. The smallest absolute Gasteiger partial charge is 0.326 e. The Morgan fingerprint density at radius 3 is 2.58 bits per heavy atom. The summed E-state index contributed by atoms with van der Waals surface area (Å²) in [6, 6.07) is 5.72. The van der Waals surface area contributed by atoms with Gasteiger partial charge in [-0.25, -0.2) is 14.2 Å². The van der Waals surface area contributed by atoms with Gasteiger partial charge in [-0.1, -0.05) is 0 Å². The fourth-order valence-electron chi connectivity index (χ4n) is 3.11. The van der Waals surface area contributed by atoms with Gasteiger partial charge in [0.05, 0.1) is 17.0 Å². The van der Waals surface area contributed by atoms with Crippen LogP contribution >= 0.6 is 0 Å². The van der Waals surface area contributed by atoms with Gasteiger partial charge >= 0.3 is 5.69 Å². The van der Waals surface area contributed by atoms with E-state index >= 15 is 0 Å². The lowest BCUT2D eigenvalue weighted by atomic mass is 9.92. The van der Waals surface area contributed by atoms with Gasteiger partial charge < -0.3 is 5.73 Å². The summed E-state index contributed by atoms with van der Waals surface area (Å²) >= 11 is 0. The Kier molecular flexibility index (Phi) is 4.18. The minimum Gasteiger partial charge on any atom is -0.326 e. The van der Waals surface area contributed by atoms with Crippen molar-refractivity contribution in [1.29, 1.82) is 5.26 Å². The molecule has 0 aliphatic rings. The highest BCUT2D eigenvalue weighted by Crippen LogP contribution is 2.33. The van der Waals surface area contributed by atoms with E-state index in [1.165, 1.54) is 36.9 Å². The molecule has 132 valence electrons. The van der Waals surface area contributed by atoms with Gasteiger partial charge in [0.1, 0.15) is 11.5 Å². The lowest BCUT2D eigenvalue weighted by Gasteiger charge is -2.17. The molecule has 7 nitrogen and oxygen atoms in total. The predicted molar refractivity (Wildman–Crippen MR) is 95.0 cm³/mol. The second kappa shape index (κ2) is 6.20. The molecule has 0 atom stereocenters. The van der Waals surface area contributed by atoms with Crippen molar-refractivity contribution in [3.63, 3.8) is 0 Å². The van der Waals surface area contributed by atoms with Gasteiger partial charge in [0.2, 0.25) is 0 Å². The third-order valence-corrected chi connectivity index (χ3v) is 4.47. The molecule has 0 aliphatic heterocycles. The Morgan fingerprint density at radius 1 is 1.27 bits per heavy atom. The van der Waals surface area contributed by atoms with Gasteiger partial charge in [-0.3, -0.25) is 13.9 Å². The van der Waals surface area contributed by atoms with E-state index in [2.05, 4.69) is 4.98 Å². The molecule has 0 spiro atoms. The highest BCUT2D eigenvalue weighted by atomic mass is 19.1. The number of nitrogens with zero attached hydrogens (tertiary/aromatic N) is 4. The van der Waals surface area contributed by atoms with Crippen molar-refractivity contribution >= 4 is 11.0 Å². The number of aromatic nitrogens is 3. The molecular weight excluding hydrogens is 337 g/mol. The monoisotopic (exact) mass is 353 g/mol. The van der Waals surface area contributed by atoms with Gasteiger partial charge in [-0.15, -0.1) is 0 Å². The minimum atomic E-state index is -0.576. The molecule has 2 heterocycles. The Labute approximate surface area is 147 Å². The van der Waals surface area contributed by atoms with Gasteiger partial charge in [0, 0.05) is 37.5 Å². The van der Waals surface area contributed by atoms with Crippen molar-refractivity contribution in [3.05, 3.63) is 61.7 Å². The van der Waals surface area contributed by atoms with Gasteiger partial charge in [0.15, 0.2) is 0 Å². The zero-order chi connectivity index (χ0) is 19.2. The van der Waals surface area contributed by atoms with Crippen molar-refractivity contribution in [2.45, 2.75) is 13.5 Å². The van der Waals surface area contributed by atoms with Crippen LogP contribution in [0.4, 0.5) is 4.39 Å². The van der Waals surface area contributed by atoms with E-state index in [1.807, 2.05) is 6.07 Å². The average Bonchev–Trinajstić information content (AvgIpc) is 2.63. The molecule has 0 saturated carbocycles. The van der Waals surface area contributed by atoms with Crippen molar-refractivity contribution in [3.8, 4) is 17.2 Å². The molecule has 3 rings (SSSR count). The van der Waals surface area contributed by atoms with E-state index in [4.69, 9.17) is 5.73 Å². The highest BCUT2D eigenvalue weighted by molar-refractivity contribution is 5.96. The molecular formula is C18H16FN5O2. The highest BCUT2D eigenvalue weighted by Gasteiger charge is 2.22. The summed E-state index contributed by atoms with van der Waals surface area (Å²) in [4.78, 5) is 29.5. The lowest BCUT2D eigenvalue weighted by Crippen LogP contribution is -2.38. The van der Waals surface area contributed by atoms with Crippen molar-refractivity contribution < 1.29 is 4.39 Å². The number of benzene rings is 1. The summed E-state index contributed by atoms with van der Waals surface area (Å²) in [5, 5.41) is 9.57. The third kappa shape index (κ3) is 2.41. The standard InChI is InChI=1S/C18H16FN5O2/c1-9-13(8-21)14(12-6-11(19)5-4-10(12)7-20)15-16(22-9)23(2)18(26)24(3)17(15)25/h4-6H,8,21H2,1-3H3. The summed E-state index contributed by atoms with van der Waals surface area (Å²) in [5.41, 5.74) is 6.74. The third-order valence-electron chi connectivity index (χ3n) is 4.47. The first-order valence-corrected chi connectivity index (χ1v) is 7.81. The number of nitriles is 1. The van der Waals surface area contributed by atoms with E-state index in [0.717, 1.165) is 4.57 Å². The van der Waals surface area contributed by atoms with Crippen LogP contribution in [0.2, 0.25) is 0 Å². The first-order chi connectivity index (χ1) is 12.3. The quantitative estimate of drug-likeness (QED) is 0.742. The number of hydrogen-bond acceptors (Lipinski definition) is 5. The molecule has 0 aliphatic carbocycles. The number of fused-ring (bicyclic) bond motifs is 1. The van der Waals surface area contributed by atoms with Crippen LogP contribution in [0.3, 0.4) is 0 Å². The van der Waals surface area contributed by atoms with Gasteiger partial charge in [-0.2, -0.15) is 5.26 Å². The maximum absolute atomic E-state index is 13.9. The van der Waals surface area contributed by atoms with Gasteiger partial charge in [-0.05, 0) is 30.7 Å². The molecule has 3 aromatic rings. The minimum absolute atomic E-state index is 0.0392. The number of rotatable bonds is 2. The van der Waals surface area contributed by atoms with E-state index in [-0.39, 0.29) is 28.7 Å². The van der Waals surface area contributed by atoms with E-state index in [0.29, 0.717) is 16.8 Å². The molecule has 8 heteroatoms. The second-order valence-electron chi connectivity index (χ2n) is 5.96. The molecule has 0 unspecified atom stereocenters. The van der Waals surface area contributed by atoms with Crippen molar-refractivity contribution in [1.82, 2.24) is 14.1 Å². The molecule has 1 aromatic carbocycles. The molecule has 26 heavy (non-hydrogen) atoms. The number of nitrogens with two attached hydrogens (primary N) is 1. The number of pyridine rings is 1. The maximum atomic E-state index is 13.9. The van der Waals surface area contributed by atoms with E-state index in [1.54, 1.807) is 6.92 Å². The summed E-state index contributed by atoms with van der Waals surface area (Å²) in [7, 11) is 2.85. The summed E-state index contributed by atoms with van der Waals surface area (Å²) in [5.74, 6) is -0.550. The Morgan fingerprint density at radius 2 is 1.96 bits per heavy atom. The fraction of sp³-hybridized carbons (Fsp3) is 0.222. The molecule has 2 aromatic heterocycles. The second-order valence-corrected chi connectivity index (χ2v) is 5.96. The topological polar surface area (TPSA) is 107 Å². The number of aryl methyl sites for hydroxylation is 2. The summed E-state index contributed by atoms with van der Waals surface area (Å²) in [6.07, 6.45) is 0. The molecule has 0 fully saturated rings. The zero-order valence-corrected chi connectivity index (χ0v) is 14.5. The van der Waals surface area contributed by atoms with Crippen LogP contribution in [-0.2, 0) is 20.6 Å². The molecule has 0 radical (unpaired) electrons. The van der Waals surface area contributed by atoms with Crippen LogP contribution in [0.15, 0.2) is 27.8 Å². The van der Waals surface area contributed by atoms with Crippen LogP contribution in [0.25, 0.3) is 22.2 Å². The van der Waals surface area contributed by atoms with Crippen LogP contribution in [0.1, 0.15) is 16.8 Å². The summed E-state index contributed by atoms with van der Waals surface area (Å²) in [6.45, 7) is 1.73. The van der Waals surface area contributed by atoms with Crippen LogP contribution in [0.5, 0.6) is 0 Å². The van der Waals surface area contributed by atoms with Crippen LogP contribution in [-0.4, -0.2) is 14.1 Å². The lowest BCUT2D eigenvalue weighted by molar-refractivity contribution is 0.628. The summed E-state index contributed by atoms with van der Waals surface area (Å²) < 4.78 is 16.1. The Bertz CT molecular complexity index is 1220. The molecule has 0 saturated heterocycles. The maximum Gasteiger partial charge on any atom is 0.332 e. The normalized spacial score (nSPS) is 10.9. The van der Waals surface area contributed by atoms with E-state index < -0.39 is 17.1 Å². The molecule has 2 N–H and O–H groups in total.